The van der Waals surface area contributed by atoms with Crippen LogP contribution >= 0.6 is 0 Å². The quantitative estimate of drug-likeness (QED) is 0.478. The van der Waals surface area contributed by atoms with E-state index < -0.39 is 35.8 Å². The monoisotopic (exact) mass is 464 g/mol. The molecule has 0 saturated carbocycles. The van der Waals surface area contributed by atoms with Gasteiger partial charge in [0.05, 0.1) is 5.69 Å². The molecule has 176 valence electrons. The Morgan fingerprint density at radius 3 is 2.58 bits per heavy atom. The lowest BCUT2D eigenvalue weighted by molar-refractivity contribution is -0.130. The van der Waals surface area contributed by atoms with Crippen molar-refractivity contribution in [2.45, 2.75) is 50.7 Å². The maximum absolute atomic E-state index is 14.8. The lowest BCUT2D eigenvalue weighted by atomic mass is 10.1. The summed E-state index contributed by atoms with van der Waals surface area (Å²) in [5.74, 6) is -1.93. The molecule has 1 aromatic heterocycles. The van der Waals surface area contributed by atoms with Crippen molar-refractivity contribution in [1.29, 1.82) is 0 Å². The second kappa shape index (κ2) is 8.07. The fourth-order valence-electron chi connectivity index (χ4n) is 4.68. The summed E-state index contributed by atoms with van der Waals surface area (Å²) in [4.78, 5) is 20.4. The van der Waals surface area contributed by atoms with Gasteiger partial charge in [-0.15, -0.1) is 0 Å². The van der Waals surface area contributed by atoms with E-state index in [-0.39, 0.29) is 17.7 Å². The van der Waals surface area contributed by atoms with E-state index in [0.29, 0.717) is 18.8 Å². The van der Waals surface area contributed by atoms with Crippen LogP contribution in [0, 0.1) is 5.82 Å². The van der Waals surface area contributed by atoms with Gasteiger partial charge < -0.3 is 19.5 Å². The maximum Gasteiger partial charge on any atom is 0.396 e. The first-order chi connectivity index (χ1) is 15.7. The number of oxazole rings is 1. The highest BCUT2D eigenvalue weighted by molar-refractivity contribution is 6.03. The SMILES string of the molecule is CN(c1ccc(NC(=O)c2nc(N3CCCC3)oc2CC(F)(F)F)cc1F)C1CC2=C(C2)C1. The van der Waals surface area contributed by atoms with Crippen LogP contribution in [0.4, 0.5) is 35.0 Å². The van der Waals surface area contributed by atoms with Gasteiger partial charge in [0, 0.05) is 31.9 Å². The van der Waals surface area contributed by atoms with Crippen LogP contribution < -0.4 is 15.1 Å². The number of nitrogens with one attached hydrogen (secondary N) is 1. The molecule has 1 saturated heterocycles. The Bertz CT molecular complexity index is 1100. The molecule has 1 fully saturated rings. The predicted octanol–water partition coefficient (Wildman–Crippen LogP) is 5.07. The van der Waals surface area contributed by atoms with Gasteiger partial charge in [0.15, 0.2) is 5.69 Å². The number of alkyl halides is 3. The molecule has 33 heavy (non-hydrogen) atoms. The molecule has 3 aliphatic rings. The number of hydrogen-bond acceptors (Lipinski definition) is 5. The molecule has 2 heterocycles. The van der Waals surface area contributed by atoms with Crippen molar-refractivity contribution in [3.05, 3.63) is 46.6 Å². The van der Waals surface area contributed by atoms with E-state index in [1.807, 2.05) is 11.9 Å². The minimum Gasteiger partial charge on any atom is -0.427 e. The molecule has 1 aliphatic heterocycles. The van der Waals surface area contributed by atoms with Crippen molar-refractivity contribution in [2.24, 2.45) is 0 Å². The van der Waals surface area contributed by atoms with E-state index in [9.17, 15) is 22.4 Å². The van der Waals surface area contributed by atoms with Crippen LogP contribution in [0.5, 0.6) is 0 Å². The fraction of sp³-hybridized carbons (Fsp3) is 0.478. The lowest BCUT2D eigenvalue weighted by Gasteiger charge is -2.28. The van der Waals surface area contributed by atoms with Crippen LogP contribution in [0.2, 0.25) is 0 Å². The van der Waals surface area contributed by atoms with Gasteiger partial charge in [-0.25, -0.2) is 4.39 Å². The first kappa shape index (κ1) is 21.8. The number of anilines is 3. The second-order valence-electron chi connectivity index (χ2n) is 8.93. The Labute approximate surface area is 188 Å². The number of benzene rings is 1. The molecule has 1 amide bonds. The Balaban J connectivity index is 1.32. The van der Waals surface area contributed by atoms with Crippen molar-refractivity contribution in [2.75, 3.05) is 35.3 Å². The Morgan fingerprint density at radius 2 is 1.94 bits per heavy atom. The Hall–Kier alpha value is -3.04. The number of amides is 1. The summed E-state index contributed by atoms with van der Waals surface area (Å²) < 4.78 is 59.3. The molecule has 6 nitrogen and oxygen atoms in total. The predicted molar refractivity (Wildman–Crippen MR) is 115 cm³/mol. The zero-order valence-corrected chi connectivity index (χ0v) is 18.1. The number of rotatable bonds is 6. The third-order valence-electron chi connectivity index (χ3n) is 6.54. The minimum atomic E-state index is -4.56. The zero-order valence-electron chi connectivity index (χ0n) is 18.1. The molecular weight excluding hydrogens is 440 g/mol. The highest BCUT2D eigenvalue weighted by Crippen LogP contribution is 2.47. The number of halogens is 4. The summed E-state index contributed by atoms with van der Waals surface area (Å²) in [6.07, 6.45) is -1.24. The number of carbonyl (C=O) groups excluding carboxylic acids is 1. The molecule has 5 rings (SSSR count). The third-order valence-corrected chi connectivity index (χ3v) is 6.54. The summed E-state index contributed by atoms with van der Waals surface area (Å²) in [6.45, 7) is 1.21. The molecular formula is C23H24F4N4O2. The Kier molecular flexibility index (Phi) is 5.33. The third kappa shape index (κ3) is 4.56. The van der Waals surface area contributed by atoms with E-state index in [1.165, 1.54) is 23.3 Å². The van der Waals surface area contributed by atoms with Gasteiger partial charge >= 0.3 is 6.18 Å². The summed E-state index contributed by atoms with van der Waals surface area (Å²) in [7, 11) is 1.84. The summed E-state index contributed by atoms with van der Waals surface area (Å²) >= 11 is 0. The molecule has 0 radical (unpaired) electrons. The zero-order chi connectivity index (χ0) is 23.3. The topological polar surface area (TPSA) is 61.6 Å². The van der Waals surface area contributed by atoms with Crippen LogP contribution in [0.3, 0.4) is 0 Å². The van der Waals surface area contributed by atoms with Gasteiger partial charge in [-0.1, -0.05) is 11.1 Å². The standard InChI is InChI=1S/C23H24F4N4O2/c1-30(16-9-13-8-14(13)10-16)18-5-4-15(11-17(18)24)28-21(32)20-19(12-23(25,26)27)33-22(29-20)31-6-2-3-7-31/h4-5,11,16H,2-3,6-10,12H2,1H3,(H,28,32). The van der Waals surface area contributed by atoms with Crippen molar-refractivity contribution >= 4 is 23.3 Å². The molecule has 0 atom stereocenters. The minimum absolute atomic E-state index is 0.00500. The number of carbonyl (C=O) groups is 1. The van der Waals surface area contributed by atoms with Crippen LogP contribution in [0.25, 0.3) is 0 Å². The van der Waals surface area contributed by atoms with Crippen molar-refractivity contribution in [3.63, 3.8) is 0 Å². The highest BCUT2D eigenvalue weighted by atomic mass is 19.4. The number of hydrogen-bond donors (Lipinski definition) is 1. The van der Waals surface area contributed by atoms with Gasteiger partial charge in [-0.2, -0.15) is 18.2 Å². The molecule has 2 aliphatic carbocycles. The molecule has 0 unspecified atom stereocenters. The van der Waals surface area contributed by atoms with Crippen molar-refractivity contribution < 1.29 is 26.8 Å². The first-order valence-corrected chi connectivity index (χ1v) is 11.0. The Morgan fingerprint density at radius 1 is 1.24 bits per heavy atom. The van der Waals surface area contributed by atoms with Gasteiger partial charge in [-0.05, 0) is 50.3 Å². The van der Waals surface area contributed by atoms with Crippen molar-refractivity contribution in [1.82, 2.24) is 4.98 Å². The van der Waals surface area contributed by atoms with E-state index in [1.54, 1.807) is 11.0 Å². The fourth-order valence-corrected chi connectivity index (χ4v) is 4.68. The summed E-state index contributed by atoms with van der Waals surface area (Å²) in [5.41, 5.74) is 3.04. The average molecular weight is 464 g/mol. The molecule has 1 aromatic carbocycles. The molecule has 0 bridgehead atoms. The maximum atomic E-state index is 14.8. The van der Waals surface area contributed by atoms with Gasteiger partial charge in [0.2, 0.25) is 0 Å². The molecule has 10 heteroatoms. The molecule has 2 aromatic rings. The number of aromatic nitrogens is 1. The first-order valence-electron chi connectivity index (χ1n) is 11.0. The van der Waals surface area contributed by atoms with Gasteiger partial charge in [0.1, 0.15) is 18.0 Å². The van der Waals surface area contributed by atoms with Crippen molar-refractivity contribution in [3.8, 4) is 0 Å². The summed E-state index contributed by atoms with van der Waals surface area (Å²) in [5, 5.41) is 2.46. The van der Waals surface area contributed by atoms with Crippen LogP contribution in [-0.2, 0) is 6.42 Å². The lowest BCUT2D eigenvalue weighted by Crippen LogP contribution is -2.31. The smallest absolute Gasteiger partial charge is 0.396 e. The molecule has 1 N–H and O–H groups in total. The normalized spacial score (nSPS) is 18.2. The average Bonchev–Trinajstić information content (AvgIpc) is 3.16. The van der Waals surface area contributed by atoms with Crippen LogP contribution in [0.15, 0.2) is 33.8 Å². The van der Waals surface area contributed by atoms with E-state index in [0.717, 1.165) is 32.1 Å². The van der Waals surface area contributed by atoms with Crippen LogP contribution in [0.1, 0.15) is 48.4 Å². The largest absolute Gasteiger partial charge is 0.427 e. The molecule has 0 spiro atoms. The van der Waals surface area contributed by atoms with E-state index in [2.05, 4.69) is 10.3 Å². The van der Waals surface area contributed by atoms with Gasteiger partial charge in [0.25, 0.3) is 11.9 Å². The highest BCUT2D eigenvalue weighted by Gasteiger charge is 2.36. The summed E-state index contributed by atoms with van der Waals surface area (Å²) in [6, 6.07) is 4.51. The second-order valence-corrected chi connectivity index (χ2v) is 8.93. The number of nitrogens with zero attached hydrogens (tertiary/aromatic N) is 3. The van der Waals surface area contributed by atoms with E-state index >= 15 is 0 Å². The van der Waals surface area contributed by atoms with Gasteiger partial charge in [-0.3, -0.25) is 4.79 Å². The van der Waals surface area contributed by atoms with Crippen LogP contribution in [-0.4, -0.2) is 43.2 Å². The van der Waals surface area contributed by atoms with E-state index in [4.69, 9.17) is 4.42 Å².